The van der Waals surface area contributed by atoms with E-state index in [0.29, 0.717) is 27.9 Å². The van der Waals surface area contributed by atoms with E-state index < -0.39 is 4.92 Å². The molecular formula is C22H15F2N3O2S. The Balaban J connectivity index is 1.75. The maximum Gasteiger partial charge on any atom is 0.270 e. The minimum absolute atomic E-state index is 0.0279. The van der Waals surface area contributed by atoms with Crippen molar-refractivity contribution in [2.24, 2.45) is 0 Å². The van der Waals surface area contributed by atoms with Crippen LogP contribution in [0.25, 0.3) is 16.9 Å². The predicted molar refractivity (Wildman–Crippen MR) is 112 cm³/mol. The van der Waals surface area contributed by atoms with Crippen LogP contribution in [-0.4, -0.2) is 14.5 Å². The number of imidazole rings is 1. The number of nitro groups is 1. The van der Waals surface area contributed by atoms with Crippen LogP contribution < -0.4 is 0 Å². The van der Waals surface area contributed by atoms with Crippen LogP contribution in [0.15, 0.2) is 84.1 Å². The average Bonchev–Trinajstić information content (AvgIpc) is 3.18. The molecule has 0 amide bonds. The standard InChI is InChI=1S/C22H15F2N3O2S/c23-17-6-4-15(5-7-17)14-30-22-25-13-21(16-2-1-3-20(12-16)27(28)29)26(22)19-10-8-18(24)9-11-19/h1-13H,14H2. The number of nitro benzene ring substituents is 1. The molecule has 5 nitrogen and oxygen atoms in total. The lowest BCUT2D eigenvalue weighted by atomic mass is 10.1. The average molecular weight is 423 g/mol. The Morgan fingerprint density at radius 3 is 2.30 bits per heavy atom. The summed E-state index contributed by atoms with van der Waals surface area (Å²) in [7, 11) is 0. The Labute approximate surface area is 175 Å². The van der Waals surface area contributed by atoms with E-state index in [9.17, 15) is 18.9 Å². The normalized spacial score (nSPS) is 10.9. The van der Waals surface area contributed by atoms with Gasteiger partial charge >= 0.3 is 0 Å². The van der Waals surface area contributed by atoms with E-state index in [1.165, 1.54) is 48.2 Å². The highest BCUT2D eigenvalue weighted by Gasteiger charge is 2.16. The monoisotopic (exact) mass is 423 g/mol. The van der Waals surface area contributed by atoms with E-state index in [-0.39, 0.29) is 17.3 Å². The molecule has 4 rings (SSSR count). The summed E-state index contributed by atoms with van der Waals surface area (Å²) in [6.45, 7) is 0. The number of thioether (sulfide) groups is 1. The quantitative estimate of drug-likeness (QED) is 0.216. The van der Waals surface area contributed by atoms with Gasteiger partial charge in [-0.25, -0.2) is 13.8 Å². The zero-order valence-electron chi connectivity index (χ0n) is 15.5. The fraction of sp³-hybridized carbons (Fsp3) is 0.0455. The Bertz CT molecular complexity index is 1190. The Morgan fingerprint density at radius 2 is 1.63 bits per heavy atom. The summed E-state index contributed by atoms with van der Waals surface area (Å²) in [6, 6.07) is 18.4. The molecule has 8 heteroatoms. The highest BCUT2D eigenvalue weighted by molar-refractivity contribution is 7.98. The van der Waals surface area contributed by atoms with Gasteiger partial charge in [0.1, 0.15) is 11.6 Å². The molecule has 0 aliphatic carbocycles. The molecule has 0 saturated carbocycles. The number of rotatable bonds is 6. The van der Waals surface area contributed by atoms with Crippen LogP contribution >= 0.6 is 11.8 Å². The maximum absolute atomic E-state index is 13.5. The van der Waals surface area contributed by atoms with Crippen LogP contribution in [-0.2, 0) is 5.75 Å². The van der Waals surface area contributed by atoms with E-state index in [0.717, 1.165) is 5.56 Å². The first kappa shape index (κ1) is 19.8. The van der Waals surface area contributed by atoms with Crippen molar-refractivity contribution in [3.8, 4) is 16.9 Å². The van der Waals surface area contributed by atoms with Gasteiger partial charge in [-0.15, -0.1) is 0 Å². The minimum Gasteiger partial charge on any atom is -0.287 e. The molecule has 0 aliphatic heterocycles. The molecule has 0 aliphatic rings. The van der Waals surface area contributed by atoms with Gasteiger partial charge in [-0.1, -0.05) is 36.0 Å². The van der Waals surface area contributed by atoms with Crippen LogP contribution in [0.3, 0.4) is 0 Å². The molecule has 1 aromatic heterocycles. The summed E-state index contributed by atoms with van der Waals surface area (Å²) in [5, 5.41) is 11.8. The van der Waals surface area contributed by atoms with Crippen molar-refractivity contribution in [1.29, 1.82) is 0 Å². The first-order valence-corrected chi connectivity index (χ1v) is 9.95. The molecule has 0 unspecified atom stereocenters. The largest absolute Gasteiger partial charge is 0.287 e. The number of non-ortho nitro benzene ring substituents is 1. The van der Waals surface area contributed by atoms with Crippen molar-refractivity contribution in [3.05, 3.63) is 106 Å². The molecule has 0 N–H and O–H groups in total. The van der Waals surface area contributed by atoms with Crippen LogP contribution in [0.2, 0.25) is 0 Å². The van der Waals surface area contributed by atoms with Crippen molar-refractivity contribution in [3.63, 3.8) is 0 Å². The molecule has 4 aromatic rings. The highest BCUT2D eigenvalue weighted by Crippen LogP contribution is 2.32. The molecular weight excluding hydrogens is 408 g/mol. The number of hydrogen-bond acceptors (Lipinski definition) is 4. The zero-order valence-corrected chi connectivity index (χ0v) is 16.4. The van der Waals surface area contributed by atoms with Gasteiger partial charge in [0.25, 0.3) is 5.69 Å². The van der Waals surface area contributed by atoms with Gasteiger partial charge in [-0.3, -0.25) is 14.7 Å². The third-order valence-electron chi connectivity index (χ3n) is 4.45. The van der Waals surface area contributed by atoms with Gasteiger partial charge in [0.2, 0.25) is 0 Å². The second kappa shape index (κ2) is 8.46. The first-order valence-electron chi connectivity index (χ1n) is 8.97. The number of aromatic nitrogens is 2. The smallest absolute Gasteiger partial charge is 0.270 e. The molecule has 1 heterocycles. The first-order chi connectivity index (χ1) is 14.5. The second-order valence-electron chi connectivity index (χ2n) is 6.46. The van der Waals surface area contributed by atoms with Crippen LogP contribution in [0, 0.1) is 21.7 Å². The van der Waals surface area contributed by atoms with Gasteiger partial charge in [-0.2, -0.15) is 0 Å². The number of hydrogen-bond donors (Lipinski definition) is 0. The molecule has 0 atom stereocenters. The van der Waals surface area contributed by atoms with Gasteiger partial charge in [0, 0.05) is 29.1 Å². The predicted octanol–water partition coefficient (Wildman–Crippen LogP) is 6.02. The Hall–Kier alpha value is -3.52. The van der Waals surface area contributed by atoms with Crippen molar-refractivity contribution < 1.29 is 13.7 Å². The minimum atomic E-state index is -0.452. The highest BCUT2D eigenvalue weighted by atomic mass is 32.2. The third kappa shape index (κ3) is 4.23. The van der Waals surface area contributed by atoms with E-state index in [2.05, 4.69) is 4.98 Å². The number of halogens is 2. The summed E-state index contributed by atoms with van der Waals surface area (Å²) in [5.74, 6) is -0.117. The summed E-state index contributed by atoms with van der Waals surface area (Å²) in [5.41, 5.74) is 2.84. The van der Waals surface area contributed by atoms with E-state index in [1.54, 1.807) is 42.6 Å². The van der Waals surface area contributed by atoms with E-state index in [4.69, 9.17) is 0 Å². The summed E-state index contributed by atoms with van der Waals surface area (Å²) in [4.78, 5) is 15.2. The van der Waals surface area contributed by atoms with E-state index >= 15 is 0 Å². The van der Waals surface area contributed by atoms with Crippen molar-refractivity contribution in [2.75, 3.05) is 0 Å². The van der Waals surface area contributed by atoms with Crippen LogP contribution in [0.1, 0.15) is 5.56 Å². The SMILES string of the molecule is O=[N+]([O-])c1cccc(-c2cnc(SCc3ccc(F)cc3)n2-c2ccc(F)cc2)c1. The van der Waals surface area contributed by atoms with Gasteiger partial charge in [0.05, 0.1) is 16.8 Å². The lowest BCUT2D eigenvalue weighted by Crippen LogP contribution is -2.00. The van der Waals surface area contributed by atoms with Crippen molar-refractivity contribution >= 4 is 17.4 Å². The Kier molecular flexibility index (Phi) is 5.58. The van der Waals surface area contributed by atoms with Crippen molar-refractivity contribution in [1.82, 2.24) is 9.55 Å². The summed E-state index contributed by atoms with van der Waals surface area (Å²) < 4.78 is 28.4. The van der Waals surface area contributed by atoms with Gasteiger partial charge in [0.15, 0.2) is 5.16 Å². The topological polar surface area (TPSA) is 61.0 Å². The fourth-order valence-corrected chi connectivity index (χ4v) is 3.94. The Morgan fingerprint density at radius 1 is 0.967 bits per heavy atom. The molecule has 3 aromatic carbocycles. The molecule has 0 fully saturated rings. The molecule has 30 heavy (non-hydrogen) atoms. The lowest BCUT2D eigenvalue weighted by Gasteiger charge is -2.12. The molecule has 0 radical (unpaired) electrons. The van der Waals surface area contributed by atoms with Crippen molar-refractivity contribution in [2.45, 2.75) is 10.9 Å². The number of nitrogens with zero attached hydrogens (tertiary/aromatic N) is 3. The fourth-order valence-electron chi connectivity index (χ4n) is 2.99. The number of benzene rings is 3. The second-order valence-corrected chi connectivity index (χ2v) is 7.40. The molecule has 150 valence electrons. The van der Waals surface area contributed by atoms with Crippen LogP contribution in [0.4, 0.5) is 14.5 Å². The van der Waals surface area contributed by atoms with Gasteiger partial charge < -0.3 is 0 Å². The lowest BCUT2D eigenvalue weighted by molar-refractivity contribution is -0.384. The molecule has 0 spiro atoms. The molecule has 0 bridgehead atoms. The summed E-state index contributed by atoms with van der Waals surface area (Å²) >= 11 is 1.43. The maximum atomic E-state index is 13.5. The van der Waals surface area contributed by atoms with E-state index in [1.807, 2.05) is 4.57 Å². The van der Waals surface area contributed by atoms with Crippen LogP contribution in [0.5, 0.6) is 0 Å². The zero-order chi connectivity index (χ0) is 21.1. The molecule has 0 saturated heterocycles. The third-order valence-corrected chi connectivity index (χ3v) is 5.47. The van der Waals surface area contributed by atoms with Gasteiger partial charge in [-0.05, 0) is 42.0 Å². The summed E-state index contributed by atoms with van der Waals surface area (Å²) in [6.07, 6.45) is 1.63.